The summed E-state index contributed by atoms with van der Waals surface area (Å²) in [4.78, 5) is 11.4. The fourth-order valence-corrected chi connectivity index (χ4v) is 8.55. The minimum Gasteiger partial charge on any atom is -0.431 e. The normalized spacial score (nSPS) is 47.8. The minimum atomic E-state index is -0.231. The highest BCUT2D eigenvalue weighted by molar-refractivity contribution is 5.22. The van der Waals surface area contributed by atoms with E-state index in [1.807, 2.05) is 13.2 Å². The van der Waals surface area contributed by atoms with Gasteiger partial charge in [0.15, 0.2) is 0 Å². The Balaban J connectivity index is 1.41. The van der Waals surface area contributed by atoms with Gasteiger partial charge in [-0.25, -0.2) is 4.79 Å². The van der Waals surface area contributed by atoms with Crippen molar-refractivity contribution in [3.05, 3.63) is 34.4 Å². The quantitative estimate of drug-likeness (QED) is 0.649. The van der Waals surface area contributed by atoms with E-state index in [9.17, 15) is 4.79 Å². The molecule has 28 heavy (non-hydrogen) atoms. The third kappa shape index (κ3) is 2.68. The van der Waals surface area contributed by atoms with Crippen molar-refractivity contribution in [2.45, 2.75) is 83.7 Å². The van der Waals surface area contributed by atoms with Gasteiger partial charge < -0.3 is 9.15 Å². The van der Waals surface area contributed by atoms with Crippen LogP contribution < -0.4 is 5.63 Å². The second-order valence-electron chi connectivity index (χ2n) is 10.9. The zero-order valence-corrected chi connectivity index (χ0v) is 17.8. The maximum atomic E-state index is 11.4. The maximum absolute atomic E-state index is 11.4. The summed E-state index contributed by atoms with van der Waals surface area (Å²) in [7, 11) is 1.90. The van der Waals surface area contributed by atoms with E-state index in [1.165, 1.54) is 63.4 Å². The molecule has 154 valence electrons. The van der Waals surface area contributed by atoms with Crippen LogP contribution in [0.25, 0.3) is 0 Å². The lowest BCUT2D eigenvalue weighted by molar-refractivity contribution is -0.127. The largest absolute Gasteiger partial charge is 0.431 e. The lowest BCUT2D eigenvalue weighted by atomic mass is 9.44. The molecule has 0 radical (unpaired) electrons. The molecule has 5 rings (SSSR count). The fourth-order valence-electron chi connectivity index (χ4n) is 8.55. The molecule has 0 spiro atoms. The summed E-state index contributed by atoms with van der Waals surface area (Å²) in [6.07, 6.45) is 14.3. The molecule has 8 atom stereocenters. The van der Waals surface area contributed by atoms with E-state index in [0.29, 0.717) is 22.9 Å². The molecule has 0 amide bonds. The van der Waals surface area contributed by atoms with Crippen molar-refractivity contribution < 1.29 is 9.15 Å². The number of fused-ring (bicyclic) bond motifs is 5. The standard InChI is InChI=1S/C25H36O3/c1-24-12-10-18(27-3)14-17(24)5-6-19-21-8-7-20(16-4-9-23(26)28-15-16)25(21,2)13-11-22(19)24/h4,9,15,17-22H,5-8,10-14H2,1-3H3/t17-,18+,19?,20-,21-,22?,24+,25-/m1/s1. The molecule has 0 saturated heterocycles. The smallest absolute Gasteiger partial charge is 0.335 e. The SMILES string of the molecule is CO[C@H]1CC[C@]2(C)C3CC[C@]4(C)[C@@H](c5ccc(=O)oc5)CC[C@@H]4C3CC[C@@H]2C1. The van der Waals surface area contributed by atoms with E-state index in [1.54, 1.807) is 12.3 Å². The maximum Gasteiger partial charge on any atom is 0.335 e. The van der Waals surface area contributed by atoms with Crippen LogP contribution in [0.1, 0.15) is 83.1 Å². The van der Waals surface area contributed by atoms with Crippen LogP contribution >= 0.6 is 0 Å². The number of methoxy groups -OCH3 is 1. The molecule has 4 fully saturated rings. The lowest BCUT2D eigenvalue weighted by Gasteiger charge is -2.61. The molecule has 0 aromatic carbocycles. The van der Waals surface area contributed by atoms with Crippen molar-refractivity contribution in [3.8, 4) is 0 Å². The molecule has 0 bridgehead atoms. The summed E-state index contributed by atoms with van der Waals surface area (Å²) in [5.41, 5.74) is 1.92. The van der Waals surface area contributed by atoms with Gasteiger partial charge in [0, 0.05) is 13.2 Å². The summed E-state index contributed by atoms with van der Waals surface area (Å²) in [6, 6.07) is 3.64. The Morgan fingerprint density at radius 2 is 1.75 bits per heavy atom. The first kappa shape index (κ1) is 18.9. The van der Waals surface area contributed by atoms with Crippen molar-refractivity contribution in [1.82, 2.24) is 0 Å². The van der Waals surface area contributed by atoms with Gasteiger partial charge in [-0.1, -0.05) is 13.8 Å². The van der Waals surface area contributed by atoms with Crippen molar-refractivity contribution in [2.75, 3.05) is 7.11 Å². The molecule has 1 heterocycles. The van der Waals surface area contributed by atoms with Gasteiger partial charge in [-0.05, 0) is 110 Å². The van der Waals surface area contributed by atoms with Crippen LogP contribution in [-0.2, 0) is 4.74 Å². The second kappa shape index (κ2) is 6.72. The van der Waals surface area contributed by atoms with Gasteiger partial charge in [0.25, 0.3) is 0 Å². The molecule has 0 N–H and O–H groups in total. The Labute approximate surface area is 169 Å². The van der Waals surface area contributed by atoms with Crippen LogP contribution in [0.15, 0.2) is 27.6 Å². The summed E-state index contributed by atoms with van der Waals surface area (Å²) >= 11 is 0. The molecule has 1 aromatic rings. The van der Waals surface area contributed by atoms with Gasteiger partial charge in [-0.3, -0.25) is 0 Å². The highest BCUT2D eigenvalue weighted by Gasteiger charge is 2.60. The first-order chi connectivity index (χ1) is 13.5. The number of hydrogen-bond acceptors (Lipinski definition) is 3. The van der Waals surface area contributed by atoms with Crippen molar-refractivity contribution in [1.29, 1.82) is 0 Å². The second-order valence-corrected chi connectivity index (χ2v) is 10.9. The first-order valence-electron chi connectivity index (χ1n) is 11.6. The summed E-state index contributed by atoms with van der Waals surface area (Å²) in [5, 5.41) is 0. The van der Waals surface area contributed by atoms with Crippen LogP contribution in [-0.4, -0.2) is 13.2 Å². The molecule has 4 aliphatic carbocycles. The van der Waals surface area contributed by atoms with Gasteiger partial charge in [0.1, 0.15) is 0 Å². The molecular formula is C25H36O3. The predicted octanol–water partition coefficient (Wildman–Crippen LogP) is 5.78. The zero-order valence-electron chi connectivity index (χ0n) is 17.8. The van der Waals surface area contributed by atoms with Crippen molar-refractivity contribution in [2.24, 2.45) is 34.5 Å². The van der Waals surface area contributed by atoms with Crippen LogP contribution in [0.4, 0.5) is 0 Å². The van der Waals surface area contributed by atoms with E-state index in [0.717, 1.165) is 23.7 Å². The van der Waals surface area contributed by atoms with Crippen molar-refractivity contribution >= 4 is 0 Å². The van der Waals surface area contributed by atoms with E-state index in [4.69, 9.17) is 9.15 Å². The Hall–Kier alpha value is -1.09. The monoisotopic (exact) mass is 384 g/mol. The zero-order chi connectivity index (χ0) is 19.5. The topological polar surface area (TPSA) is 39.4 Å². The van der Waals surface area contributed by atoms with Crippen LogP contribution in [0.2, 0.25) is 0 Å². The molecule has 4 aliphatic rings. The Morgan fingerprint density at radius 1 is 0.964 bits per heavy atom. The molecule has 2 unspecified atom stereocenters. The fraction of sp³-hybridized carbons (Fsp3) is 0.800. The van der Waals surface area contributed by atoms with Gasteiger partial charge in [-0.15, -0.1) is 0 Å². The van der Waals surface area contributed by atoms with Gasteiger partial charge >= 0.3 is 5.63 Å². The first-order valence-corrected chi connectivity index (χ1v) is 11.6. The highest BCUT2D eigenvalue weighted by Crippen LogP contribution is 2.69. The van der Waals surface area contributed by atoms with E-state index < -0.39 is 0 Å². The van der Waals surface area contributed by atoms with Gasteiger partial charge in [0.2, 0.25) is 0 Å². The number of rotatable bonds is 2. The molecular weight excluding hydrogens is 348 g/mol. The molecule has 0 aliphatic heterocycles. The predicted molar refractivity (Wildman–Crippen MR) is 110 cm³/mol. The summed E-state index contributed by atoms with van der Waals surface area (Å²) in [6.45, 7) is 5.17. The Kier molecular flexibility index (Phi) is 4.54. The highest BCUT2D eigenvalue weighted by atomic mass is 16.5. The van der Waals surface area contributed by atoms with E-state index >= 15 is 0 Å². The molecule has 1 aromatic heterocycles. The Bertz CT molecular complexity index is 764. The molecule has 3 nitrogen and oxygen atoms in total. The number of ether oxygens (including phenoxy) is 1. The third-order valence-corrected chi connectivity index (χ3v) is 10.1. The lowest BCUT2D eigenvalue weighted by Crippen LogP contribution is -2.53. The van der Waals surface area contributed by atoms with Crippen LogP contribution in [0, 0.1) is 34.5 Å². The van der Waals surface area contributed by atoms with Gasteiger partial charge in [0.05, 0.1) is 12.4 Å². The van der Waals surface area contributed by atoms with Crippen LogP contribution in [0.3, 0.4) is 0 Å². The Morgan fingerprint density at radius 3 is 2.50 bits per heavy atom. The summed E-state index contributed by atoms with van der Waals surface area (Å²) < 4.78 is 11.0. The van der Waals surface area contributed by atoms with E-state index in [2.05, 4.69) is 13.8 Å². The average Bonchev–Trinajstić information content (AvgIpc) is 3.05. The minimum absolute atomic E-state index is 0.231. The molecule has 4 saturated carbocycles. The van der Waals surface area contributed by atoms with Gasteiger partial charge in [-0.2, -0.15) is 0 Å². The third-order valence-electron chi connectivity index (χ3n) is 10.1. The number of hydrogen-bond donors (Lipinski definition) is 0. The van der Waals surface area contributed by atoms with Crippen molar-refractivity contribution in [3.63, 3.8) is 0 Å². The van der Waals surface area contributed by atoms with Crippen LogP contribution in [0.5, 0.6) is 0 Å². The molecule has 3 heteroatoms. The van der Waals surface area contributed by atoms with E-state index in [-0.39, 0.29) is 5.63 Å². The summed E-state index contributed by atoms with van der Waals surface area (Å²) in [5.74, 6) is 4.03. The average molecular weight is 385 g/mol.